The molecule has 1 heterocycles. The number of benzene rings is 1. The summed E-state index contributed by atoms with van der Waals surface area (Å²) in [6.45, 7) is 6.16. The number of thioether (sulfide) groups is 1. The van der Waals surface area contributed by atoms with E-state index in [1.54, 1.807) is 17.8 Å². The zero-order chi connectivity index (χ0) is 14.0. The third-order valence-corrected chi connectivity index (χ3v) is 3.73. The summed E-state index contributed by atoms with van der Waals surface area (Å²) in [5.41, 5.74) is 4.67. The Bertz CT molecular complexity index is 547. The predicted octanol–water partition coefficient (Wildman–Crippen LogP) is 4.19. The lowest BCUT2D eigenvalue weighted by atomic mass is 10.1. The second kappa shape index (κ2) is 5.73. The van der Waals surface area contributed by atoms with Gasteiger partial charge in [0.2, 0.25) is 0 Å². The molecule has 1 aromatic rings. The average Bonchev–Trinajstić information content (AvgIpc) is 2.28. The van der Waals surface area contributed by atoms with E-state index < -0.39 is 0 Å². The van der Waals surface area contributed by atoms with Crippen LogP contribution in [-0.4, -0.2) is 22.2 Å². The number of nitrogens with zero attached hydrogens (tertiary/aromatic N) is 2. The molecule has 0 saturated heterocycles. The van der Waals surface area contributed by atoms with Gasteiger partial charge in [0.25, 0.3) is 0 Å². The number of halogens is 2. The molecule has 2 rings (SSSR count). The van der Waals surface area contributed by atoms with Crippen LogP contribution < -0.4 is 5.43 Å². The largest absolute Gasteiger partial charge is 0.256 e. The van der Waals surface area contributed by atoms with Crippen molar-refractivity contribution in [3.63, 3.8) is 0 Å². The highest BCUT2D eigenvalue weighted by Gasteiger charge is 2.17. The van der Waals surface area contributed by atoms with Crippen molar-refractivity contribution in [2.75, 3.05) is 5.75 Å². The van der Waals surface area contributed by atoms with Crippen LogP contribution in [0.15, 0.2) is 28.3 Å². The molecular formula is C13H15Cl2N3S. The zero-order valence-electron chi connectivity index (χ0n) is 11.0. The molecule has 0 radical (unpaired) electrons. The van der Waals surface area contributed by atoms with Crippen molar-refractivity contribution in [1.82, 2.24) is 5.43 Å². The van der Waals surface area contributed by atoms with Crippen LogP contribution in [0.2, 0.25) is 10.0 Å². The minimum atomic E-state index is -0.111. The molecule has 0 aliphatic carbocycles. The van der Waals surface area contributed by atoms with E-state index in [-0.39, 0.29) is 5.54 Å². The van der Waals surface area contributed by atoms with Gasteiger partial charge in [0.05, 0.1) is 16.3 Å². The average molecular weight is 316 g/mol. The molecule has 6 heteroatoms. The molecule has 1 aliphatic rings. The van der Waals surface area contributed by atoms with Crippen molar-refractivity contribution >= 4 is 45.8 Å². The summed E-state index contributed by atoms with van der Waals surface area (Å²) in [4.78, 5) is 4.54. The fourth-order valence-corrected chi connectivity index (χ4v) is 3.00. The molecule has 0 atom stereocenters. The molecule has 0 bridgehead atoms. The highest BCUT2D eigenvalue weighted by atomic mass is 35.5. The van der Waals surface area contributed by atoms with Gasteiger partial charge in [0, 0.05) is 16.3 Å². The van der Waals surface area contributed by atoms with Gasteiger partial charge >= 0.3 is 0 Å². The van der Waals surface area contributed by atoms with E-state index >= 15 is 0 Å². The summed E-state index contributed by atoms with van der Waals surface area (Å²) < 4.78 is 0. The highest BCUT2D eigenvalue weighted by Crippen LogP contribution is 2.24. The van der Waals surface area contributed by atoms with Gasteiger partial charge in [-0.25, -0.2) is 0 Å². The molecule has 3 nitrogen and oxygen atoms in total. The Morgan fingerprint density at radius 3 is 2.58 bits per heavy atom. The monoisotopic (exact) mass is 315 g/mol. The Morgan fingerprint density at radius 2 is 2.05 bits per heavy atom. The molecule has 0 aromatic heterocycles. The van der Waals surface area contributed by atoms with Crippen LogP contribution in [0.5, 0.6) is 0 Å². The minimum Gasteiger partial charge on any atom is -0.256 e. The summed E-state index contributed by atoms with van der Waals surface area (Å²) in [6, 6.07) is 5.43. The first-order chi connectivity index (χ1) is 8.85. The van der Waals surface area contributed by atoms with Crippen LogP contribution in [0.1, 0.15) is 26.3 Å². The van der Waals surface area contributed by atoms with Crippen molar-refractivity contribution in [3.8, 4) is 0 Å². The zero-order valence-corrected chi connectivity index (χ0v) is 13.3. The van der Waals surface area contributed by atoms with E-state index in [0.717, 1.165) is 22.2 Å². The van der Waals surface area contributed by atoms with E-state index in [2.05, 4.69) is 36.3 Å². The summed E-state index contributed by atoms with van der Waals surface area (Å²) in [6.07, 6.45) is 0. The third kappa shape index (κ3) is 4.13. The Hall–Kier alpha value is -0.710. The van der Waals surface area contributed by atoms with E-state index in [0.29, 0.717) is 10.0 Å². The molecule has 1 aromatic carbocycles. The summed E-state index contributed by atoms with van der Waals surface area (Å²) in [5.74, 6) is 0.739. The fraction of sp³-hybridized carbons (Fsp3) is 0.385. The third-order valence-electron chi connectivity index (χ3n) is 2.31. The van der Waals surface area contributed by atoms with Gasteiger partial charge in [0.1, 0.15) is 0 Å². The first-order valence-corrected chi connectivity index (χ1v) is 7.60. The van der Waals surface area contributed by atoms with Crippen LogP contribution in [0.25, 0.3) is 0 Å². The SMILES string of the molecule is CC(C)(C)N=C1NN=C(c2ccc(Cl)cc2Cl)CS1. The molecule has 1 N–H and O–H groups in total. The number of hydrogen-bond acceptors (Lipinski definition) is 3. The summed E-state index contributed by atoms with van der Waals surface area (Å²) >= 11 is 13.7. The lowest BCUT2D eigenvalue weighted by molar-refractivity contribution is 0.582. The molecule has 19 heavy (non-hydrogen) atoms. The second-order valence-electron chi connectivity index (χ2n) is 5.17. The Labute approximate surface area is 127 Å². The minimum absolute atomic E-state index is 0.111. The molecule has 0 fully saturated rings. The van der Waals surface area contributed by atoms with E-state index in [4.69, 9.17) is 23.2 Å². The molecule has 0 amide bonds. The molecule has 0 unspecified atom stereocenters. The number of nitrogens with one attached hydrogen (secondary N) is 1. The molecule has 0 saturated carbocycles. The van der Waals surface area contributed by atoms with Gasteiger partial charge in [-0.1, -0.05) is 41.0 Å². The van der Waals surface area contributed by atoms with Crippen molar-refractivity contribution in [1.29, 1.82) is 0 Å². The van der Waals surface area contributed by atoms with E-state index in [1.165, 1.54) is 0 Å². The van der Waals surface area contributed by atoms with Gasteiger partial charge in [-0.15, -0.1) is 0 Å². The smallest absolute Gasteiger partial charge is 0.178 e. The summed E-state index contributed by atoms with van der Waals surface area (Å²) in [7, 11) is 0. The van der Waals surface area contributed by atoms with Crippen LogP contribution >= 0.6 is 35.0 Å². The maximum Gasteiger partial charge on any atom is 0.178 e. The van der Waals surface area contributed by atoms with Gasteiger partial charge in [0.15, 0.2) is 5.17 Å². The van der Waals surface area contributed by atoms with Crippen molar-refractivity contribution in [3.05, 3.63) is 33.8 Å². The molecule has 0 spiro atoms. The maximum atomic E-state index is 6.17. The van der Waals surface area contributed by atoms with Crippen molar-refractivity contribution < 1.29 is 0 Å². The Kier molecular flexibility index (Phi) is 4.43. The first-order valence-electron chi connectivity index (χ1n) is 5.86. The van der Waals surface area contributed by atoms with Gasteiger partial charge in [-0.3, -0.25) is 10.4 Å². The fourth-order valence-electron chi connectivity index (χ4n) is 1.54. The number of hydrazone groups is 1. The quantitative estimate of drug-likeness (QED) is 0.843. The van der Waals surface area contributed by atoms with Crippen LogP contribution in [0.4, 0.5) is 0 Å². The number of amidine groups is 1. The summed E-state index contributed by atoms with van der Waals surface area (Å²) in [5, 5.41) is 6.42. The molecule has 102 valence electrons. The topological polar surface area (TPSA) is 36.8 Å². The number of rotatable bonds is 1. The highest BCUT2D eigenvalue weighted by molar-refractivity contribution is 8.14. The first kappa shape index (κ1) is 14.7. The lowest BCUT2D eigenvalue weighted by Gasteiger charge is -2.19. The number of hydrogen-bond donors (Lipinski definition) is 1. The molecular weight excluding hydrogens is 301 g/mol. The predicted molar refractivity (Wildman–Crippen MR) is 85.8 cm³/mol. The standard InChI is InChI=1S/C13H15Cl2N3S/c1-13(2,3)16-12-18-17-11(7-19-12)9-5-4-8(14)6-10(9)15/h4-6H,7H2,1-3H3,(H,16,18). The van der Waals surface area contributed by atoms with Crippen LogP contribution in [0.3, 0.4) is 0 Å². The van der Waals surface area contributed by atoms with E-state index in [9.17, 15) is 0 Å². The molecule has 1 aliphatic heterocycles. The van der Waals surface area contributed by atoms with E-state index in [1.807, 2.05) is 12.1 Å². The number of aliphatic imine (C=N–C) groups is 1. The normalized spacial score (nSPS) is 18.2. The Morgan fingerprint density at radius 1 is 1.32 bits per heavy atom. The van der Waals surface area contributed by atoms with Gasteiger partial charge in [-0.2, -0.15) is 5.10 Å². The van der Waals surface area contributed by atoms with Gasteiger partial charge in [-0.05, 0) is 32.9 Å². The van der Waals surface area contributed by atoms with Gasteiger partial charge < -0.3 is 0 Å². The van der Waals surface area contributed by atoms with Crippen LogP contribution in [-0.2, 0) is 0 Å². The van der Waals surface area contributed by atoms with Crippen molar-refractivity contribution in [2.45, 2.75) is 26.3 Å². The second-order valence-corrected chi connectivity index (χ2v) is 6.98. The van der Waals surface area contributed by atoms with Crippen molar-refractivity contribution in [2.24, 2.45) is 10.1 Å². The Balaban J connectivity index is 2.19. The maximum absolute atomic E-state index is 6.17. The lowest BCUT2D eigenvalue weighted by Crippen LogP contribution is -2.28. The van der Waals surface area contributed by atoms with Crippen LogP contribution in [0, 0.1) is 0 Å².